The third kappa shape index (κ3) is 4.30. The Balaban J connectivity index is 2.27. The van der Waals surface area contributed by atoms with Crippen molar-refractivity contribution >= 4 is 17.3 Å². The maximum atomic E-state index is 9.06. The number of benzene rings is 2. The highest BCUT2D eigenvalue weighted by Gasteiger charge is 2.10. The minimum Gasteiger partial charge on any atom is -0.456 e. The van der Waals surface area contributed by atoms with Crippen LogP contribution in [0.1, 0.15) is 11.1 Å². The van der Waals surface area contributed by atoms with Gasteiger partial charge in [-0.15, -0.1) is 0 Å². The van der Waals surface area contributed by atoms with Crippen LogP contribution in [0.4, 0.5) is 5.69 Å². The summed E-state index contributed by atoms with van der Waals surface area (Å²) in [6.45, 7) is 3.95. The van der Waals surface area contributed by atoms with Crippen LogP contribution in [-0.4, -0.2) is 0 Å². The van der Waals surface area contributed by atoms with Gasteiger partial charge in [0.1, 0.15) is 35.4 Å². The number of hydrogen-bond donors (Lipinski definition) is 1. The first kappa shape index (κ1) is 17.9. The van der Waals surface area contributed by atoms with Gasteiger partial charge >= 0.3 is 0 Å². The van der Waals surface area contributed by atoms with E-state index < -0.39 is 0 Å². The third-order valence-corrected chi connectivity index (χ3v) is 3.63. The molecule has 0 aliphatic heterocycles. The van der Waals surface area contributed by atoms with E-state index in [4.69, 9.17) is 32.1 Å². The van der Waals surface area contributed by atoms with Crippen LogP contribution in [0.2, 0.25) is 5.02 Å². The summed E-state index contributed by atoms with van der Waals surface area (Å²) in [7, 11) is 0. The van der Waals surface area contributed by atoms with Crippen molar-refractivity contribution in [3.05, 3.63) is 63.8 Å². The number of nitrogens with one attached hydrogen (secondary N) is 1. The fourth-order valence-corrected chi connectivity index (χ4v) is 2.34. The van der Waals surface area contributed by atoms with Gasteiger partial charge in [-0.25, -0.2) is 0 Å². The minimum atomic E-state index is -0.297. The average molecular weight is 349 g/mol. The summed E-state index contributed by atoms with van der Waals surface area (Å²) >= 11 is 6.24. The van der Waals surface area contributed by atoms with Crippen molar-refractivity contribution in [1.29, 1.82) is 15.8 Å². The highest BCUT2D eigenvalue weighted by atomic mass is 35.5. The van der Waals surface area contributed by atoms with Gasteiger partial charge in [0.15, 0.2) is 5.57 Å². The summed E-state index contributed by atoms with van der Waals surface area (Å²) in [6, 6.07) is 15.8. The molecular formula is C19H13ClN4O. The van der Waals surface area contributed by atoms with Crippen molar-refractivity contribution in [3.8, 4) is 29.7 Å². The van der Waals surface area contributed by atoms with E-state index in [2.05, 4.69) is 5.32 Å². The minimum absolute atomic E-state index is 0.135. The van der Waals surface area contributed by atoms with Crippen LogP contribution in [0.15, 0.2) is 47.7 Å². The summed E-state index contributed by atoms with van der Waals surface area (Å²) in [6.07, 6.45) is 0. The maximum Gasteiger partial charge on any atom is 0.163 e. The molecule has 0 amide bonds. The Morgan fingerprint density at radius 3 is 2.20 bits per heavy atom. The smallest absolute Gasteiger partial charge is 0.163 e. The van der Waals surface area contributed by atoms with E-state index in [1.165, 1.54) is 0 Å². The van der Waals surface area contributed by atoms with E-state index >= 15 is 0 Å². The number of aryl methyl sites for hydroxylation is 2. The summed E-state index contributed by atoms with van der Waals surface area (Å²) in [5.41, 5.74) is 2.16. The van der Waals surface area contributed by atoms with Gasteiger partial charge in [-0.3, -0.25) is 0 Å². The molecule has 0 aliphatic rings. The third-order valence-electron chi connectivity index (χ3n) is 3.34. The van der Waals surface area contributed by atoms with Crippen molar-refractivity contribution in [2.24, 2.45) is 0 Å². The van der Waals surface area contributed by atoms with Gasteiger partial charge in [0, 0.05) is 5.69 Å². The van der Waals surface area contributed by atoms with Gasteiger partial charge in [-0.2, -0.15) is 15.8 Å². The second-order valence-electron chi connectivity index (χ2n) is 5.23. The van der Waals surface area contributed by atoms with E-state index in [1.807, 2.05) is 32.0 Å². The highest BCUT2D eigenvalue weighted by Crippen LogP contribution is 2.33. The molecule has 2 aromatic carbocycles. The van der Waals surface area contributed by atoms with Crippen LogP contribution in [0.3, 0.4) is 0 Å². The first-order chi connectivity index (χ1) is 12.0. The second-order valence-corrected chi connectivity index (χ2v) is 5.63. The quantitative estimate of drug-likeness (QED) is 0.786. The molecule has 0 radical (unpaired) electrons. The number of rotatable bonds is 4. The Morgan fingerprint density at radius 2 is 1.64 bits per heavy atom. The Hall–Kier alpha value is -3.46. The molecule has 122 valence electrons. The fraction of sp³-hybridized carbons (Fsp3) is 0.105. The molecule has 0 saturated carbocycles. The molecule has 0 unspecified atom stereocenters. The Morgan fingerprint density at radius 1 is 0.960 bits per heavy atom. The lowest BCUT2D eigenvalue weighted by atomic mass is 10.1. The molecule has 0 fully saturated rings. The molecule has 0 aromatic heterocycles. The van der Waals surface area contributed by atoms with Gasteiger partial charge in [0.05, 0.1) is 5.02 Å². The number of nitriles is 3. The molecule has 0 aliphatic carbocycles. The summed E-state index contributed by atoms with van der Waals surface area (Å²) in [5.74, 6) is 1.16. The molecule has 0 saturated heterocycles. The number of hydrogen-bond acceptors (Lipinski definition) is 5. The van der Waals surface area contributed by atoms with E-state index in [-0.39, 0.29) is 11.3 Å². The normalized spacial score (nSPS) is 9.28. The maximum absolute atomic E-state index is 9.06. The summed E-state index contributed by atoms with van der Waals surface area (Å²) in [5, 5.41) is 29.8. The molecule has 5 nitrogen and oxygen atoms in total. The second kappa shape index (κ2) is 7.88. The number of anilines is 1. The van der Waals surface area contributed by atoms with Crippen LogP contribution in [-0.2, 0) is 0 Å². The first-order valence-electron chi connectivity index (χ1n) is 7.24. The molecule has 1 N–H and O–H groups in total. The topological polar surface area (TPSA) is 92.6 Å². The largest absolute Gasteiger partial charge is 0.456 e. The van der Waals surface area contributed by atoms with E-state index in [0.717, 1.165) is 11.1 Å². The van der Waals surface area contributed by atoms with Crippen LogP contribution in [0, 0.1) is 47.8 Å². The fourth-order valence-electron chi connectivity index (χ4n) is 2.12. The molecule has 0 heterocycles. The van der Waals surface area contributed by atoms with Crippen molar-refractivity contribution in [3.63, 3.8) is 0 Å². The van der Waals surface area contributed by atoms with Crippen LogP contribution in [0.25, 0.3) is 0 Å². The summed E-state index contributed by atoms with van der Waals surface area (Å²) in [4.78, 5) is 0. The standard InChI is InChI=1S/C19H13ClN4O/c1-12-3-5-18(13(2)7-12)25-19-6-4-15(8-16(19)20)24-17(11-23)14(9-21)10-22/h3-8,24H,1-2H3. The summed E-state index contributed by atoms with van der Waals surface area (Å²) < 4.78 is 5.83. The Labute approximate surface area is 150 Å². The Bertz CT molecular complexity index is 958. The van der Waals surface area contributed by atoms with Gasteiger partial charge in [-0.1, -0.05) is 29.3 Å². The number of ether oxygens (including phenoxy) is 1. The van der Waals surface area contributed by atoms with Gasteiger partial charge in [0.2, 0.25) is 0 Å². The predicted molar refractivity (Wildman–Crippen MR) is 94.9 cm³/mol. The van der Waals surface area contributed by atoms with Crippen molar-refractivity contribution < 1.29 is 4.74 Å². The van der Waals surface area contributed by atoms with Crippen LogP contribution >= 0.6 is 11.6 Å². The van der Waals surface area contributed by atoms with Crippen molar-refractivity contribution in [2.45, 2.75) is 13.8 Å². The number of halogens is 1. The van der Waals surface area contributed by atoms with Crippen molar-refractivity contribution in [2.75, 3.05) is 5.32 Å². The molecular weight excluding hydrogens is 336 g/mol. The van der Waals surface area contributed by atoms with E-state index in [0.29, 0.717) is 22.2 Å². The lowest BCUT2D eigenvalue weighted by Gasteiger charge is -2.12. The molecule has 0 atom stereocenters. The molecule has 25 heavy (non-hydrogen) atoms. The number of nitrogens with zero attached hydrogens (tertiary/aromatic N) is 3. The average Bonchev–Trinajstić information content (AvgIpc) is 2.59. The molecule has 2 aromatic rings. The van der Waals surface area contributed by atoms with Crippen molar-refractivity contribution in [1.82, 2.24) is 0 Å². The SMILES string of the molecule is Cc1ccc(Oc2ccc(NC(C#N)=C(C#N)C#N)cc2Cl)c(C)c1. The molecule has 2 rings (SSSR count). The predicted octanol–water partition coefficient (Wildman–Crippen LogP) is 4.99. The number of allylic oxidation sites excluding steroid dienone is 2. The monoisotopic (exact) mass is 348 g/mol. The lowest BCUT2D eigenvalue weighted by Crippen LogP contribution is -2.00. The first-order valence-corrected chi connectivity index (χ1v) is 7.62. The zero-order chi connectivity index (χ0) is 18.4. The van der Waals surface area contributed by atoms with E-state index in [1.54, 1.807) is 36.4 Å². The van der Waals surface area contributed by atoms with Gasteiger partial charge < -0.3 is 10.1 Å². The van der Waals surface area contributed by atoms with Crippen LogP contribution in [0.5, 0.6) is 11.5 Å². The zero-order valence-electron chi connectivity index (χ0n) is 13.6. The zero-order valence-corrected chi connectivity index (χ0v) is 14.3. The van der Waals surface area contributed by atoms with Gasteiger partial charge in [-0.05, 0) is 43.7 Å². The highest BCUT2D eigenvalue weighted by molar-refractivity contribution is 6.32. The molecule has 6 heteroatoms. The van der Waals surface area contributed by atoms with Crippen LogP contribution < -0.4 is 10.1 Å². The molecule has 0 spiro atoms. The van der Waals surface area contributed by atoms with Gasteiger partial charge in [0.25, 0.3) is 0 Å². The molecule has 0 bridgehead atoms. The Kier molecular flexibility index (Phi) is 5.64. The van der Waals surface area contributed by atoms with E-state index in [9.17, 15) is 0 Å². The lowest BCUT2D eigenvalue weighted by molar-refractivity contribution is 0.479.